The molecule has 9 heteroatoms. The molecular weight excluding hydrogens is 424 g/mol. The summed E-state index contributed by atoms with van der Waals surface area (Å²) in [4.78, 5) is 47.3. The summed E-state index contributed by atoms with van der Waals surface area (Å²) in [5.41, 5.74) is 1.34. The van der Waals surface area contributed by atoms with Crippen LogP contribution < -0.4 is 10.6 Å². The molecule has 0 aliphatic carbocycles. The number of hydrogen-bond acceptors (Lipinski definition) is 6. The lowest BCUT2D eigenvalue weighted by molar-refractivity contribution is -0.147. The second kappa shape index (κ2) is 12.3. The Balaban J connectivity index is 1.69. The zero-order valence-corrected chi connectivity index (χ0v) is 17.7. The number of carbonyl (C=O) groups is 4. The molecule has 0 bridgehead atoms. The number of nitrogens with one attached hydrogen (secondary N) is 2. The highest BCUT2D eigenvalue weighted by atomic mass is 35.5. The molecule has 0 aliphatic rings. The van der Waals surface area contributed by atoms with Gasteiger partial charge in [-0.05, 0) is 48.9 Å². The van der Waals surface area contributed by atoms with Crippen LogP contribution in [0.3, 0.4) is 0 Å². The maximum Gasteiger partial charge on any atom is 0.338 e. The van der Waals surface area contributed by atoms with Gasteiger partial charge in [0.15, 0.2) is 6.61 Å². The average molecular weight is 447 g/mol. The van der Waals surface area contributed by atoms with Crippen LogP contribution >= 0.6 is 11.6 Å². The Labute approximate surface area is 184 Å². The minimum Gasteiger partial charge on any atom is -0.462 e. The SMILES string of the molecule is CCCOC(=O)c1ccc(NC(=O)CCC(=O)OCC(=O)Nc2cccc(Cl)c2)cc1. The average Bonchev–Trinajstić information content (AvgIpc) is 2.75. The van der Waals surface area contributed by atoms with Crippen LogP contribution in [0.25, 0.3) is 0 Å². The molecule has 8 nitrogen and oxygen atoms in total. The minimum absolute atomic E-state index is 0.116. The van der Waals surface area contributed by atoms with Crippen molar-refractivity contribution in [2.45, 2.75) is 26.2 Å². The fourth-order valence-electron chi connectivity index (χ4n) is 2.39. The van der Waals surface area contributed by atoms with Crippen molar-refractivity contribution >= 4 is 46.7 Å². The van der Waals surface area contributed by atoms with Crippen molar-refractivity contribution in [2.24, 2.45) is 0 Å². The van der Waals surface area contributed by atoms with Crippen LogP contribution in [0.15, 0.2) is 48.5 Å². The van der Waals surface area contributed by atoms with E-state index in [9.17, 15) is 19.2 Å². The quantitative estimate of drug-likeness (QED) is 0.537. The van der Waals surface area contributed by atoms with Crippen LogP contribution in [-0.2, 0) is 23.9 Å². The number of esters is 2. The normalized spacial score (nSPS) is 10.1. The summed E-state index contributed by atoms with van der Waals surface area (Å²) < 4.78 is 9.90. The Morgan fingerprint density at radius 1 is 0.871 bits per heavy atom. The maximum absolute atomic E-state index is 12.0. The van der Waals surface area contributed by atoms with Gasteiger partial charge in [-0.25, -0.2) is 4.79 Å². The zero-order valence-electron chi connectivity index (χ0n) is 17.0. The number of ether oxygens (including phenoxy) is 2. The third-order valence-electron chi connectivity index (χ3n) is 3.87. The molecule has 0 radical (unpaired) electrons. The second-order valence-corrected chi connectivity index (χ2v) is 6.92. The summed E-state index contributed by atoms with van der Waals surface area (Å²) in [6.07, 6.45) is 0.432. The van der Waals surface area contributed by atoms with E-state index in [1.165, 1.54) is 0 Å². The van der Waals surface area contributed by atoms with Crippen LogP contribution in [0.1, 0.15) is 36.5 Å². The predicted molar refractivity (Wildman–Crippen MR) is 116 cm³/mol. The number of benzene rings is 2. The molecule has 0 saturated carbocycles. The fraction of sp³-hybridized carbons (Fsp3) is 0.273. The number of hydrogen-bond donors (Lipinski definition) is 2. The van der Waals surface area contributed by atoms with Gasteiger partial charge in [0.2, 0.25) is 5.91 Å². The van der Waals surface area contributed by atoms with E-state index in [-0.39, 0.29) is 12.8 Å². The predicted octanol–water partition coefficient (Wildman–Crippen LogP) is 3.81. The molecular formula is C22H23ClN2O6. The number of carbonyl (C=O) groups excluding carboxylic acids is 4. The maximum atomic E-state index is 12.0. The molecule has 2 N–H and O–H groups in total. The number of halogens is 1. The van der Waals surface area contributed by atoms with Crippen LogP contribution in [-0.4, -0.2) is 37.0 Å². The van der Waals surface area contributed by atoms with E-state index in [2.05, 4.69) is 10.6 Å². The van der Waals surface area contributed by atoms with Crippen molar-refractivity contribution in [3.8, 4) is 0 Å². The van der Waals surface area contributed by atoms with E-state index in [1.54, 1.807) is 48.5 Å². The molecule has 0 aliphatic heterocycles. The highest BCUT2D eigenvalue weighted by molar-refractivity contribution is 6.30. The summed E-state index contributed by atoms with van der Waals surface area (Å²) in [5.74, 6) is -2.02. The summed E-state index contributed by atoms with van der Waals surface area (Å²) in [6.45, 7) is 1.77. The molecule has 2 rings (SSSR count). The molecule has 0 atom stereocenters. The largest absolute Gasteiger partial charge is 0.462 e. The van der Waals surface area contributed by atoms with Gasteiger partial charge in [-0.1, -0.05) is 24.6 Å². The Bertz CT molecular complexity index is 930. The molecule has 0 heterocycles. The highest BCUT2D eigenvalue weighted by Crippen LogP contribution is 2.15. The third kappa shape index (κ3) is 8.88. The molecule has 0 spiro atoms. The summed E-state index contributed by atoms with van der Waals surface area (Å²) in [5, 5.41) is 5.63. The summed E-state index contributed by atoms with van der Waals surface area (Å²) in [7, 11) is 0. The number of anilines is 2. The molecule has 0 aromatic heterocycles. The van der Waals surface area contributed by atoms with Crippen molar-refractivity contribution in [3.63, 3.8) is 0 Å². The number of amides is 2. The van der Waals surface area contributed by atoms with Crippen LogP contribution in [0.4, 0.5) is 11.4 Å². The summed E-state index contributed by atoms with van der Waals surface area (Å²) >= 11 is 5.83. The van der Waals surface area contributed by atoms with Gasteiger partial charge in [0.05, 0.1) is 18.6 Å². The van der Waals surface area contributed by atoms with Crippen LogP contribution in [0, 0.1) is 0 Å². The Kier molecular flexibility index (Phi) is 9.51. The molecule has 31 heavy (non-hydrogen) atoms. The monoisotopic (exact) mass is 446 g/mol. The standard InChI is InChI=1S/C22H23ClN2O6/c1-2-12-30-22(29)15-6-8-17(9-7-15)24-19(26)10-11-21(28)31-14-20(27)25-18-5-3-4-16(23)13-18/h3-9,13H,2,10-12,14H2,1H3,(H,24,26)(H,25,27). The molecule has 0 fully saturated rings. The van der Waals surface area contributed by atoms with Gasteiger partial charge in [-0.15, -0.1) is 0 Å². The van der Waals surface area contributed by atoms with Gasteiger partial charge in [-0.2, -0.15) is 0 Å². The molecule has 0 unspecified atom stereocenters. The van der Waals surface area contributed by atoms with Gasteiger partial charge >= 0.3 is 11.9 Å². The first-order valence-corrected chi connectivity index (χ1v) is 10.0. The fourth-order valence-corrected chi connectivity index (χ4v) is 2.58. The smallest absolute Gasteiger partial charge is 0.338 e. The van der Waals surface area contributed by atoms with Gasteiger partial charge in [0.25, 0.3) is 5.91 Å². The lowest BCUT2D eigenvalue weighted by Crippen LogP contribution is -2.21. The molecule has 2 aromatic rings. The number of rotatable bonds is 10. The first-order chi connectivity index (χ1) is 14.9. The molecule has 164 valence electrons. The third-order valence-corrected chi connectivity index (χ3v) is 4.11. The lowest BCUT2D eigenvalue weighted by atomic mass is 10.2. The van der Waals surface area contributed by atoms with Gasteiger partial charge in [0.1, 0.15) is 0 Å². The van der Waals surface area contributed by atoms with Crippen molar-refractivity contribution < 1.29 is 28.7 Å². The van der Waals surface area contributed by atoms with E-state index in [0.717, 1.165) is 6.42 Å². The van der Waals surface area contributed by atoms with Crippen molar-refractivity contribution in [2.75, 3.05) is 23.8 Å². The van der Waals surface area contributed by atoms with Crippen molar-refractivity contribution in [1.29, 1.82) is 0 Å². The van der Waals surface area contributed by atoms with E-state index < -0.39 is 30.4 Å². The first-order valence-electron chi connectivity index (χ1n) is 9.65. The van der Waals surface area contributed by atoms with E-state index in [0.29, 0.717) is 28.6 Å². The highest BCUT2D eigenvalue weighted by Gasteiger charge is 2.12. The van der Waals surface area contributed by atoms with Gasteiger partial charge in [0, 0.05) is 22.8 Å². The first kappa shape index (κ1) is 23.9. The Hall–Kier alpha value is -3.39. The Morgan fingerprint density at radius 2 is 1.58 bits per heavy atom. The molecule has 2 amide bonds. The topological polar surface area (TPSA) is 111 Å². The van der Waals surface area contributed by atoms with Gasteiger partial charge in [-0.3, -0.25) is 14.4 Å². The van der Waals surface area contributed by atoms with Crippen molar-refractivity contribution in [1.82, 2.24) is 0 Å². The van der Waals surface area contributed by atoms with Crippen LogP contribution in [0.2, 0.25) is 5.02 Å². The molecule has 2 aromatic carbocycles. The summed E-state index contributed by atoms with van der Waals surface area (Å²) in [6, 6.07) is 12.8. The van der Waals surface area contributed by atoms with Crippen LogP contribution in [0.5, 0.6) is 0 Å². The van der Waals surface area contributed by atoms with E-state index >= 15 is 0 Å². The Morgan fingerprint density at radius 3 is 2.26 bits per heavy atom. The van der Waals surface area contributed by atoms with E-state index in [4.69, 9.17) is 21.1 Å². The van der Waals surface area contributed by atoms with E-state index in [1.807, 2.05) is 6.92 Å². The van der Waals surface area contributed by atoms with Crippen molar-refractivity contribution in [3.05, 3.63) is 59.1 Å². The second-order valence-electron chi connectivity index (χ2n) is 6.48. The minimum atomic E-state index is -0.676. The zero-order chi connectivity index (χ0) is 22.6. The lowest BCUT2D eigenvalue weighted by Gasteiger charge is -2.08. The molecule has 0 saturated heterocycles. The van der Waals surface area contributed by atoms with Gasteiger partial charge < -0.3 is 20.1 Å².